The van der Waals surface area contributed by atoms with Crippen molar-refractivity contribution in [2.75, 3.05) is 6.61 Å². The van der Waals surface area contributed by atoms with Crippen molar-refractivity contribution in [3.63, 3.8) is 0 Å². The standard InChI is InChI=1S/C17H20N4O2S/c1-20-7-6-18-16(20)15-12(5-8-23-15)19-10-11-3-4-13-14(9-11)24-17(22)21(13)2/h3-4,6-7,9,12,15,19H,5,8,10H2,1-2H3/t12-,15-/m0/s1. The molecule has 0 bridgehead atoms. The van der Waals surface area contributed by atoms with Crippen LogP contribution in [0.1, 0.15) is 23.9 Å². The van der Waals surface area contributed by atoms with Gasteiger partial charge in [-0.3, -0.25) is 4.79 Å². The molecule has 0 aliphatic carbocycles. The van der Waals surface area contributed by atoms with Gasteiger partial charge in [-0.15, -0.1) is 0 Å². The van der Waals surface area contributed by atoms with Gasteiger partial charge in [0.1, 0.15) is 11.9 Å². The van der Waals surface area contributed by atoms with E-state index in [0.717, 1.165) is 35.6 Å². The lowest BCUT2D eigenvalue weighted by molar-refractivity contribution is 0.0893. The van der Waals surface area contributed by atoms with Gasteiger partial charge in [-0.2, -0.15) is 0 Å². The molecule has 4 rings (SSSR count). The van der Waals surface area contributed by atoms with Crippen molar-refractivity contribution in [3.8, 4) is 0 Å². The average Bonchev–Trinajstić information content (AvgIpc) is 3.26. The number of hydrogen-bond donors (Lipinski definition) is 1. The van der Waals surface area contributed by atoms with Gasteiger partial charge in [0.25, 0.3) is 0 Å². The fraction of sp³-hybridized carbons (Fsp3) is 0.412. The molecule has 0 radical (unpaired) electrons. The molecule has 0 spiro atoms. The van der Waals surface area contributed by atoms with Crippen LogP contribution in [-0.2, 0) is 25.4 Å². The summed E-state index contributed by atoms with van der Waals surface area (Å²) in [4.78, 5) is 16.3. The molecule has 3 aromatic rings. The largest absolute Gasteiger partial charge is 0.369 e. The Labute approximate surface area is 143 Å². The molecule has 24 heavy (non-hydrogen) atoms. The van der Waals surface area contributed by atoms with Crippen LogP contribution in [0.4, 0.5) is 0 Å². The molecule has 0 unspecified atom stereocenters. The molecule has 1 aromatic carbocycles. The maximum absolute atomic E-state index is 11.8. The summed E-state index contributed by atoms with van der Waals surface area (Å²) in [5, 5.41) is 3.59. The van der Waals surface area contributed by atoms with Crippen molar-refractivity contribution in [2.45, 2.75) is 25.1 Å². The number of ether oxygens (including phenoxy) is 1. The Morgan fingerprint density at radius 2 is 2.29 bits per heavy atom. The van der Waals surface area contributed by atoms with Crippen LogP contribution in [0.5, 0.6) is 0 Å². The number of fused-ring (bicyclic) bond motifs is 1. The smallest absolute Gasteiger partial charge is 0.307 e. The Hall–Kier alpha value is -1.96. The first kappa shape index (κ1) is 15.6. The van der Waals surface area contributed by atoms with E-state index in [1.165, 1.54) is 16.9 Å². The highest BCUT2D eigenvalue weighted by Crippen LogP contribution is 2.28. The summed E-state index contributed by atoms with van der Waals surface area (Å²) in [5.41, 5.74) is 2.17. The molecule has 7 heteroatoms. The second-order valence-electron chi connectivity index (χ2n) is 6.19. The second-order valence-corrected chi connectivity index (χ2v) is 7.19. The molecule has 6 nitrogen and oxygen atoms in total. The summed E-state index contributed by atoms with van der Waals surface area (Å²) in [6.07, 6.45) is 4.71. The van der Waals surface area contributed by atoms with Gasteiger partial charge >= 0.3 is 4.87 Å². The number of aryl methyl sites for hydroxylation is 2. The van der Waals surface area contributed by atoms with Crippen LogP contribution in [0.25, 0.3) is 10.2 Å². The van der Waals surface area contributed by atoms with Gasteiger partial charge < -0.3 is 19.2 Å². The zero-order chi connectivity index (χ0) is 16.7. The third-order valence-corrected chi connectivity index (χ3v) is 5.63. The van der Waals surface area contributed by atoms with Gasteiger partial charge in [0, 0.05) is 45.7 Å². The summed E-state index contributed by atoms with van der Waals surface area (Å²) >= 11 is 1.29. The number of aromatic nitrogens is 3. The van der Waals surface area contributed by atoms with Crippen molar-refractivity contribution < 1.29 is 4.74 Å². The van der Waals surface area contributed by atoms with Crippen LogP contribution >= 0.6 is 11.3 Å². The summed E-state index contributed by atoms with van der Waals surface area (Å²) in [7, 11) is 3.80. The van der Waals surface area contributed by atoms with E-state index in [2.05, 4.69) is 22.4 Å². The van der Waals surface area contributed by atoms with Crippen LogP contribution < -0.4 is 10.2 Å². The van der Waals surface area contributed by atoms with E-state index in [9.17, 15) is 4.79 Å². The van der Waals surface area contributed by atoms with Crippen molar-refractivity contribution in [1.82, 2.24) is 19.4 Å². The van der Waals surface area contributed by atoms with E-state index in [1.54, 1.807) is 10.8 Å². The lowest BCUT2D eigenvalue weighted by Gasteiger charge is -2.19. The first-order valence-electron chi connectivity index (χ1n) is 8.04. The lowest BCUT2D eigenvalue weighted by atomic mass is 10.1. The quantitative estimate of drug-likeness (QED) is 0.786. The predicted octanol–water partition coefficient (Wildman–Crippen LogP) is 1.95. The molecule has 2 aromatic heterocycles. The minimum atomic E-state index is -0.0125. The molecule has 0 saturated carbocycles. The Morgan fingerprint density at radius 3 is 3.08 bits per heavy atom. The number of benzene rings is 1. The van der Waals surface area contributed by atoms with E-state index >= 15 is 0 Å². The number of thiazole rings is 1. The zero-order valence-electron chi connectivity index (χ0n) is 13.7. The SMILES string of the molecule is Cn1ccnc1[C@H]1OCC[C@@H]1NCc1ccc2c(c1)sc(=O)n2C. The maximum Gasteiger partial charge on any atom is 0.307 e. The molecule has 3 heterocycles. The second kappa shape index (κ2) is 6.16. The Bertz CT molecular complexity index is 926. The van der Waals surface area contributed by atoms with Crippen LogP contribution in [0, 0.1) is 0 Å². The third-order valence-electron chi connectivity index (χ3n) is 4.63. The summed E-state index contributed by atoms with van der Waals surface area (Å²) < 4.78 is 10.6. The number of nitrogens with zero attached hydrogens (tertiary/aromatic N) is 3. The summed E-state index contributed by atoms with van der Waals surface area (Å²) in [5.74, 6) is 0.960. The van der Waals surface area contributed by atoms with E-state index < -0.39 is 0 Å². The van der Waals surface area contributed by atoms with Crippen molar-refractivity contribution in [2.24, 2.45) is 14.1 Å². The van der Waals surface area contributed by atoms with Crippen molar-refractivity contribution in [1.29, 1.82) is 0 Å². The lowest BCUT2D eigenvalue weighted by Crippen LogP contribution is -2.32. The van der Waals surface area contributed by atoms with Crippen LogP contribution in [0.3, 0.4) is 0 Å². The topological polar surface area (TPSA) is 61.1 Å². The molecule has 126 valence electrons. The molecule has 0 amide bonds. The minimum absolute atomic E-state index is 0.0125. The van der Waals surface area contributed by atoms with E-state index in [-0.39, 0.29) is 17.0 Å². The van der Waals surface area contributed by atoms with Crippen molar-refractivity contribution in [3.05, 3.63) is 51.6 Å². The molecular weight excluding hydrogens is 324 g/mol. The van der Waals surface area contributed by atoms with Gasteiger partial charge in [0.05, 0.1) is 10.2 Å². The maximum atomic E-state index is 11.8. The van der Waals surface area contributed by atoms with Crippen LogP contribution in [0.2, 0.25) is 0 Å². The predicted molar refractivity (Wildman–Crippen MR) is 94.2 cm³/mol. The Kier molecular flexibility index (Phi) is 3.99. The summed E-state index contributed by atoms with van der Waals surface area (Å²) in [6, 6.07) is 6.44. The van der Waals surface area contributed by atoms with E-state index in [1.807, 2.05) is 30.9 Å². The van der Waals surface area contributed by atoms with Crippen molar-refractivity contribution >= 4 is 21.6 Å². The fourth-order valence-corrected chi connectivity index (χ4v) is 4.18. The van der Waals surface area contributed by atoms with E-state index in [0.29, 0.717) is 0 Å². The normalized spacial score (nSPS) is 20.9. The summed E-state index contributed by atoms with van der Waals surface area (Å²) in [6.45, 7) is 1.50. The molecule has 1 aliphatic heterocycles. The van der Waals surface area contributed by atoms with Gasteiger partial charge in [0.2, 0.25) is 0 Å². The fourth-order valence-electron chi connectivity index (χ4n) is 3.24. The highest BCUT2D eigenvalue weighted by molar-refractivity contribution is 7.16. The molecule has 1 N–H and O–H groups in total. The van der Waals surface area contributed by atoms with Crippen LogP contribution in [-0.4, -0.2) is 26.8 Å². The Balaban J connectivity index is 1.50. The van der Waals surface area contributed by atoms with Gasteiger partial charge in [-0.05, 0) is 24.1 Å². The van der Waals surface area contributed by atoms with Gasteiger partial charge in [-0.25, -0.2) is 4.98 Å². The number of rotatable bonds is 4. The number of hydrogen-bond acceptors (Lipinski definition) is 5. The Morgan fingerprint density at radius 1 is 1.42 bits per heavy atom. The molecule has 1 aliphatic rings. The third kappa shape index (κ3) is 2.68. The molecular formula is C17H20N4O2S. The highest BCUT2D eigenvalue weighted by Gasteiger charge is 2.31. The first-order valence-corrected chi connectivity index (χ1v) is 8.86. The van der Waals surface area contributed by atoms with Gasteiger partial charge in [0.15, 0.2) is 0 Å². The van der Waals surface area contributed by atoms with E-state index in [4.69, 9.17) is 4.74 Å². The molecule has 1 fully saturated rings. The van der Waals surface area contributed by atoms with Crippen LogP contribution in [0.15, 0.2) is 35.4 Å². The number of imidazole rings is 1. The minimum Gasteiger partial charge on any atom is -0.369 e. The molecule has 2 atom stereocenters. The molecule has 1 saturated heterocycles. The monoisotopic (exact) mass is 344 g/mol. The average molecular weight is 344 g/mol. The van der Waals surface area contributed by atoms with Gasteiger partial charge in [-0.1, -0.05) is 17.4 Å². The highest BCUT2D eigenvalue weighted by atomic mass is 32.1. The first-order chi connectivity index (χ1) is 11.6. The number of nitrogens with one attached hydrogen (secondary N) is 1. The zero-order valence-corrected chi connectivity index (χ0v) is 14.5.